The highest BCUT2D eigenvalue weighted by Gasteiger charge is 2.44. The van der Waals surface area contributed by atoms with Crippen LogP contribution in [0.2, 0.25) is 0 Å². The summed E-state index contributed by atoms with van der Waals surface area (Å²) < 4.78 is 2.70. The lowest BCUT2D eigenvalue weighted by molar-refractivity contribution is 0.590. The molecule has 0 fully saturated rings. The monoisotopic (exact) mass is 586 g/mol. The summed E-state index contributed by atoms with van der Waals surface area (Å²) in [6, 6.07) is 37.0. The standard InChI is InChI=1S/C40H35BN2S/c1-39(2,3)25-15-18-27(19-16-25)42-33-21-17-26(40(4,5)6)22-32(33)41-35-34(42)23-44-38(35)31-13-9-12-29-30-20-14-24-10-7-8-11-28(24)36(30)43(41)37(29)31/h7-23H,1-6H3. The van der Waals surface area contributed by atoms with Crippen molar-refractivity contribution in [3.63, 3.8) is 0 Å². The minimum absolute atomic E-state index is 0.0410. The lowest BCUT2D eigenvalue weighted by atomic mass is 9.46. The molecule has 7 aromatic rings. The second-order valence-electron chi connectivity index (χ2n) is 14.7. The molecule has 2 aliphatic heterocycles. The van der Waals surface area contributed by atoms with Gasteiger partial charge in [0.05, 0.1) is 5.69 Å². The van der Waals surface area contributed by atoms with E-state index in [1.807, 2.05) is 11.3 Å². The summed E-state index contributed by atoms with van der Waals surface area (Å²) in [6.07, 6.45) is 0. The topological polar surface area (TPSA) is 8.17 Å². The van der Waals surface area contributed by atoms with Crippen molar-refractivity contribution < 1.29 is 0 Å². The number of anilines is 3. The van der Waals surface area contributed by atoms with Gasteiger partial charge in [0.1, 0.15) is 0 Å². The van der Waals surface area contributed by atoms with Gasteiger partial charge in [-0.25, -0.2) is 0 Å². The molecule has 2 nitrogen and oxygen atoms in total. The highest BCUT2D eigenvalue weighted by Crippen LogP contribution is 2.48. The zero-order valence-corrected chi connectivity index (χ0v) is 27.0. The largest absolute Gasteiger partial charge is 0.375 e. The number of para-hydroxylation sites is 1. The first-order chi connectivity index (χ1) is 21.1. The molecule has 0 atom stereocenters. The molecule has 9 rings (SSSR count). The van der Waals surface area contributed by atoms with Crippen LogP contribution in [0.25, 0.3) is 43.0 Å². The van der Waals surface area contributed by atoms with Gasteiger partial charge in [0.2, 0.25) is 0 Å². The number of aromatic nitrogens is 1. The number of rotatable bonds is 1. The highest BCUT2D eigenvalue weighted by atomic mass is 32.1. The average molecular weight is 587 g/mol. The van der Waals surface area contributed by atoms with Gasteiger partial charge < -0.3 is 9.38 Å². The SMILES string of the molecule is CC(C)(C)c1ccc(N2c3ccc(C(C)(C)C)cc3B3c4c2csc4-c2cccc4c5ccc6ccccc6c5n3c24)cc1. The van der Waals surface area contributed by atoms with Crippen molar-refractivity contribution in [1.29, 1.82) is 0 Å². The third kappa shape index (κ3) is 3.43. The molecule has 2 aliphatic rings. The molecular weight excluding hydrogens is 551 g/mol. The molecule has 4 heteroatoms. The van der Waals surface area contributed by atoms with E-state index in [1.165, 1.54) is 82.1 Å². The maximum Gasteiger partial charge on any atom is 0.333 e. The molecule has 0 amide bonds. The smallest absolute Gasteiger partial charge is 0.333 e. The zero-order chi connectivity index (χ0) is 30.1. The van der Waals surface area contributed by atoms with Gasteiger partial charge >= 0.3 is 6.85 Å². The molecule has 0 aliphatic carbocycles. The van der Waals surface area contributed by atoms with Crippen LogP contribution in [0.5, 0.6) is 0 Å². The van der Waals surface area contributed by atoms with Crippen LogP contribution in [0.1, 0.15) is 52.7 Å². The molecule has 0 spiro atoms. The maximum absolute atomic E-state index is 2.70. The molecular formula is C40H35BN2S. The van der Waals surface area contributed by atoms with Crippen LogP contribution in [0.3, 0.4) is 0 Å². The van der Waals surface area contributed by atoms with Crippen molar-refractivity contribution in [3.8, 4) is 10.4 Å². The van der Waals surface area contributed by atoms with Gasteiger partial charge in [0, 0.05) is 54.4 Å². The molecule has 4 heterocycles. The first-order valence-electron chi connectivity index (χ1n) is 15.7. The fourth-order valence-electron chi connectivity index (χ4n) is 7.70. The van der Waals surface area contributed by atoms with E-state index in [9.17, 15) is 0 Å². The Labute approximate surface area is 263 Å². The summed E-state index contributed by atoms with van der Waals surface area (Å²) in [5, 5.41) is 7.70. The van der Waals surface area contributed by atoms with Crippen molar-refractivity contribution in [1.82, 2.24) is 4.48 Å². The second-order valence-corrected chi connectivity index (χ2v) is 15.6. The molecule has 0 radical (unpaired) electrons. The fourth-order valence-corrected chi connectivity index (χ4v) is 8.79. The third-order valence-corrected chi connectivity index (χ3v) is 11.0. The summed E-state index contributed by atoms with van der Waals surface area (Å²) >= 11 is 1.90. The van der Waals surface area contributed by atoms with Crippen molar-refractivity contribution in [2.75, 3.05) is 4.90 Å². The van der Waals surface area contributed by atoms with Crippen LogP contribution in [0.4, 0.5) is 17.1 Å². The third-order valence-electron chi connectivity index (χ3n) is 9.96. The minimum Gasteiger partial charge on any atom is -0.375 e. The Morgan fingerprint density at radius 3 is 2.09 bits per heavy atom. The molecule has 2 aromatic heterocycles. The number of fused-ring (bicyclic) bond motifs is 9. The van der Waals surface area contributed by atoms with E-state index < -0.39 is 0 Å². The Balaban J connectivity index is 1.41. The summed E-state index contributed by atoms with van der Waals surface area (Å²) in [7, 11) is 0. The van der Waals surface area contributed by atoms with Crippen molar-refractivity contribution in [3.05, 3.63) is 114 Å². The van der Waals surface area contributed by atoms with Crippen molar-refractivity contribution in [2.24, 2.45) is 0 Å². The molecule has 44 heavy (non-hydrogen) atoms. The van der Waals surface area contributed by atoms with Gasteiger partial charge in [-0.15, -0.1) is 11.3 Å². The predicted octanol–water partition coefficient (Wildman–Crippen LogP) is 10.0. The highest BCUT2D eigenvalue weighted by molar-refractivity contribution is 7.17. The minimum atomic E-state index is 0.0410. The van der Waals surface area contributed by atoms with E-state index in [0.717, 1.165) is 0 Å². The Bertz CT molecular complexity index is 2310. The first-order valence-corrected chi connectivity index (χ1v) is 16.6. The number of benzene rings is 5. The zero-order valence-electron chi connectivity index (χ0n) is 26.2. The van der Waals surface area contributed by atoms with E-state index in [1.54, 1.807) is 0 Å². The molecule has 0 bridgehead atoms. The van der Waals surface area contributed by atoms with Crippen LogP contribution in [-0.4, -0.2) is 11.3 Å². The summed E-state index contributed by atoms with van der Waals surface area (Å²) in [6.45, 7) is 13.9. The second kappa shape index (κ2) is 8.67. The number of thiophene rings is 1. The van der Waals surface area contributed by atoms with E-state index in [4.69, 9.17) is 0 Å². The van der Waals surface area contributed by atoms with E-state index in [0.29, 0.717) is 0 Å². The van der Waals surface area contributed by atoms with Gasteiger partial charge in [0.15, 0.2) is 0 Å². The fraction of sp³-hybridized carbons (Fsp3) is 0.200. The van der Waals surface area contributed by atoms with Crippen molar-refractivity contribution >= 4 is 78.8 Å². The van der Waals surface area contributed by atoms with Crippen LogP contribution in [0.15, 0.2) is 102 Å². The van der Waals surface area contributed by atoms with Gasteiger partial charge in [0.25, 0.3) is 0 Å². The lowest BCUT2D eigenvalue weighted by Crippen LogP contribution is -2.56. The normalized spacial score (nSPS) is 14.0. The molecule has 0 unspecified atom stereocenters. The van der Waals surface area contributed by atoms with Gasteiger partial charge in [-0.3, -0.25) is 0 Å². The Morgan fingerprint density at radius 2 is 1.32 bits per heavy atom. The van der Waals surface area contributed by atoms with E-state index in [2.05, 4.69) is 153 Å². The van der Waals surface area contributed by atoms with E-state index >= 15 is 0 Å². The average Bonchev–Trinajstić information content (AvgIpc) is 3.59. The van der Waals surface area contributed by atoms with Crippen LogP contribution in [-0.2, 0) is 10.8 Å². The van der Waals surface area contributed by atoms with Crippen LogP contribution in [0, 0.1) is 0 Å². The molecule has 214 valence electrons. The van der Waals surface area contributed by atoms with Gasteiger partial charge in [-0.2, -0.15) is 0 Å². The molecule has 0 saturated carbocycles. The van der Waals surface area contributed by atoms with Crippen molar-refractivity contribution in [2.45, 2.75) is 52.4 Å². The number of hydrogen-bond acceptors (Lipinski definition) is 2. The van der Waals surface area contributed by atoms with Gasteiger partial charge in [-0.1, -0.05) is 120 Å². The van der Waals surface area contributed by atoms with E-state index in [-0.39, 0.29) is 17.7 Å². The summed E-state index contributed by atoms with van der Waals surface area (Å²) in [5.74, 6) is 0. The molecule has 0 saturated heterocycles. The van der Waals surface area contributed by atoms with Crippen LogP contribution >= 0.6 is 11.3 Å². The summed E-state index contributed by atoms with van der Waals surface area (Å²) in [5.41, 5.74) is 13.5. The molecule has 5 aromatic carbocycles. The maximum atomic E-state index is 2.70. The predicted molar refractivity (Wildman–Crippen MR) is 193 cm³/mol. The summed E-state index contributed by atoms with van der Waals surface area (Å²) in [4.78, 5) is 3.92. The molecule has 0 N–H and O–H groups in total. The Morgan fingerprint density at radius 1 is 0.614 bits per heavy atom. The lowest BCUT2D eigenvalue weighted by Gasteiger charge is -2.39. The Hall–Kier alpha value is -4.28. The van der Waals surface area contributed by atoms with Gasteiger partial charge in [-0.05, 0) is 56.5 Å². The van der Waals surface area contributed by atoms with Crippen LogP contribution < -0.4 is 15.8 Å². The number of hydrogen-bond donors (Lipinski definition) is 0. The quantitative estimate of drug-likeness (QED) is 0.174. The first kappa shape index (κ1) is 26.2. The Kier molecular flexibility index (Phi) is 5.15. The number of nitrogens with zero attached hydrogens (tertiary/aromatic N) is 2.